The molecule has 1 N–H and O–H groups in total. The molecule has 1 saturated heterocycles. The number of amides is 1. The number of hydrogen-bond acceptors (Lipinski definition) is 5. The fourth-order valence-corrected chi connectivity index (χ4v) is 4.91. The lowest BCUT2D eigenvalue weighted by atomic mass is 10.1. The highest BCUT2D eigenvalue weighted by Gasteiger charge is 2.19. The number of nitrogens with zero attached hydrogens (tertiary/aromatic N) is 1. The Morgan fingerprint density at radius 3 is 2.92 bits per heavy atom. The first kappa shape index (κ1) is 19.4. The van der Waals surface area contributed by atoms with Crippen LogP contribution in [-0.2, 0) is 4.74 Å². The Morgan fingerprint density at radius 2 is 2.23 bits per heavy atom. The summed E-state index contributed by atoms with van der Waals surface area (Å²) < 4.78 is 5.70. The molecule has 6 heteroatoms. The molecule has 1 amide bonds. The average molecular weight is 391 g/mol. The van der Waals surface area contributed by atoms with Gasteiger partial charge in [0.25, 0.3) is 5.91 Å². The quantitative estimate of drug-likeness (QED) is 0.691. The van der Waals surface area contributed by atoms with E-state index in [1.54, 1.807) is 23.1 Å². The molecule has 0 saturated carbocycles. The topological polar surface area (TPSA) is 41.6 Å². The van der Waals surface area contributed by atoms with Crippen molar-refractivity contribution in [1.29, 1.82) is 0 Å². The van der Waals surface area contributed by atoms with Crippen LogP contribution in [0.2, 0.25) is 0 Å². The van der Waals surface area contributed by atoms with Gasteiger partial charge in [0.05, 0.1) is 17.7 Å². The van der Waals surface area contributed by atoms with E-state index in [-0.39, 0.29) is 11.9 Å². The molecule has 140 valence electrons. The summed E-state index contributed by atoms with van der Waals surface area (Å²) in [6, 6.07) is 10.1. The minimum absolute atomic E-state index is 0.0116. The Morgan fingerprint density at radius 1 is 1.38 bits per heavy atom. The van der Waals surface area contributed by atoms with Crippen LogP contribution in [0, 0.1) is 0 Å². The van der Waals surface area contributed by atoms with Gasteiger partial charge in [0.2, 0.25) is 0 Å². The predicted octanol–water partition coefficient (Wildman–Crippen LogP) is 4.05. The molecule has 2 atom stereocenters. The number of rotatable bonds is 8. The summed E-state index contributed by atoms with van der Waals surface area (Å²) in [4.78, 5) is 16.0. The summed E-state index contributed by atoms with van der Waals surface area (Å²) in [5.74, 6) is 0.891. The second-order valence-electron chi connectivity index (χ2n) is 6.69. The van der Waals surface area contributed by atoms with Gasteiger partial charge in [0.1, 0.15) is 0 Å². The van der Waals surface area contributed by atoms with Gasteiger partial charge in [-0.3, -0.25) is 4.79 Å². The first-order valence-electron chi connectivity index (χ1n) is 8.95. The second-order valence-corrected chi connectivity index (χ2v) is 8.53. The van der Waals surface area contributed by atoms with Crippen LogP contribution in [0.3, 0.4) is 0 Å². The zero-order chi connectivity index (χ0) is 18.4. The van der Waals surface area contributed by atoms with Gasteiger partial charge in [0.15, 0.2) is 0 Å². The van der Waals surface area contributed by atoms with Gasteiger partial charge >= 0.3 is 0 Å². The van der Waals surface area contributed by atoms with Crippen LogP contribution in [0.25, 0.3) is 0 Å². The maximum atomic E-state index is 12.8. The van der Waals surface area contributed by atoms with Crippen LogP contribution in [-0.4, -0.2) is 49.9 Å². The molecule has 1 aromatic carbocycles. The molecule has 4 nitrogen and oxygen atoms in total. The third-order valence-corrected chi connectivity index (χ3v) is 6.49. The van der Waals surface area contributed by atoms with Gasteiger partial charge in [-0.25, -0.2) is 0 Å². The van der Waals surface area contributed by atoms with Gasteiger partial charge < -0.3 is 15.0 Å². The van der Waals surface area contributed by atoms with Crippen molar-refractivity contribution in [2.24, 2.45) is 0 Å². The Labute approximate surface area is 163 Å². The molecular formula is C20H26N2O2S2. The van der Waals surface area contributed by atoms with Crippen LogP contribution in [0.15, 0.2) is 46.0 Å². The molecule has 1 aliphatic rings. The molecule has 0 radical (unpaired) electrons. The summed E-state index contributed by atoms with van der Waals surface area (Å²) in [6.45, 7) is 1.45. The highest BCUT2D eigenvalue weighted by atomic mass is 32.2. The van der Waals surface area contributed by atoms with E-state index in [1.807, 2.05) is 38.4 Å². The maximum absolute atomic E-state index is 12.8. The lowest BCUT2D eigenvalue weighted by molar-refractivity contribution is 0.0939. The van der Waals surface area contributed by atoms with Crippen molar-refractivity contribution in [3.8, 4) is 0 Å². The van der Waals surface area contributed by atoms with E-state index >= 15 is 0 Å². The molecule has 2 aromatic rings. The third kappa shape index (κ3) is 5.10. The van der Waals surface area contributed by atoms with Crippen molar-refractivity contribution in [3.63, 3.8) is 0 Å². The maximum Gasteiger partial charge on any atom is 0.252 e. The van der Waals surface area contributed by atoms with Crippen molar-refractivity contribution < 1.29 is 9.53 Å². The van der Waals surface area contributed by atoms with Crippen LogP contribution in [0.4, 0.5) is 0 Å². The second kappa shape index (κ2) is 9.55. The molecule has 2 heterocycles. The Bertz CT molecular complexity index is 698. The number of ether oxygens (including phenoxy) is 1. The molecule has 2 unspecified atom stereocenters. The zero-order valence-electron chi connectivity index (χ0n) is 15.3. The number of thiophene rings is 1. The lowest BCUT2D eigenvalue weighted by Gasteiger charge is -2.24. The predicted molar refractivity (Wildman–Crippen MR) is 109 cm³/mol. The fourth-order valence-electron chi connectivity index (χ4n) is 3.09. The normalized spacial score (nSPS) is 18.2. The third-order valence-electron chi connectivity index (χ3n) is 4.59. The van der Waals surface area contributed by atoms with E-state index in [0.29, 0.717) is 12.6 Å². The smallest absolute Gasteiger partial charge is 0.252 e. The number of nitrogens with one attached hydrogen (secondary N) is 1. The minimum atomic E-state index is -0.0116. The van der Waals surface area contributed by atoms with E-state index < -0.39 is 0 Å². The summed E-state index contributed by atoms with van der Waals surface area (Å²) in [5.41, 5.74) is 1.99. The van der Waals surface area contributed by atoms with E-state index in [1.165, 1.54) is 5.56 Å². The average Bonchev–Trinajstić information content (AvgIpc) is 3.34. The van der Waals surface area contributed by atoms with Gasteiger partial charge in [-0.1, -0.05) is 12.1 Å². The standard InChI is InChI=1S/C20H26N2O2S2/c1-22(2)18(15-9-11-25-13-15)12-21-20(23)17-7-3-4-8-19(17)26-14-16-6-5-10-24-16/h3-4,7-9,11,13,16,18H,5-6,10,12,14H2,1-2H3,(H,21,23). The monoisotopic (exact) mass is 390 g/mol. The molecule has 0 bridgehead atoms. The van der Waals surface area contributed by atoms with Gasteiger partial charge in [-0.05, 0) is 61.5 Å². The van der Waals surface area contributed by atoms with Gasteiger partial charge in [-0.2, -0.15) is 11.3 Å². The number of hydrogen-bond donors (Lipinski definition) is 1. The number of likely N-dealkylation sites (N-methyl/N-ethyl adjacent to an activating group) is 1. The van der Waals surface area contributed by atoms with E-state index in [9.17, 15) is 4.79 Å². The minimum Gasteiger partial charge on any atom is -0.377 e. The first-order chi connectivity index (χ1) is 12.6. The molecule has 0 aliphatic carbocycles. The Balaban J connectivity index is 1.61. The number of thioether (sulfide) groups is 1. The largest absolute Gasteiger partial charge is 0.377 e. The highest BCUT2D eigenvalue weighted by Crippen LogP contribution is 2.27. The van der Waals surface area contributed by atoms with Crippen molar-refractivity contribution in [1.82, 2.24) is 10.2 Å². The molecule has 1 fully saturated rings. The molecular weight excluding hydrogens is 364 g/mol. The van der Waals surface area contributed by atoms with Crippen molar-refractivity contribution >= 4 is 29.0 Å². The van der Waals surface area contributed by atoms with Crippen LogP contribution < -0.4 is 5.32 Å². The van der Waals surface area contributed by atoms with Crippen molar-refractivity contribution in [2.75, 3.05) is 33.0 Å². The number of benzene rings is 1. The van der Waals surface area contributed by atoms with E-state index in [4.69, 9.17) is 4.74 Å². The summed E-state index contributed by atoms with van der Waals surface area (Å²) in [5, 5.41) is 7.33. The Kier molecular flexibility index (Phi) is 7.14. The zero-order valence-corrected chi connectivity index (χ0v) is 16.9. The van der Waals surface area contributed by atoms with Crippen LogP contribution in [0.1, 0.15) is 34.8 Å². The van der Waals surface area contributed by atoms with Crippen LogP contribution >= 0.6 is 23.1 Å². The lowest BCUT2D eigenvalue weighted by Crippen LogP contribution is -2.34. The summed E-state index contributed by atoms with van der Waals surface area (Å²) >= 11 is 3.40. The Hall–Kier alpha value is -1.34. The van der Waals surface area contributed by atoms with E-state index in [2.05, 4.69) is 27.0 Å². The molecule has 1 aliphatic heterocycles. The van der Waals surface area contributed by atoms with Gasteiger partial charge in [-0.15, -0.1) is 11.8 Å². The van der Waals surface area contributed by atoms with Crippen molar-refractivity contribution in [3.05, 3.63) is 52.2 Å². The molecule has 26 heavy (non-hydrogen) atoms. The molecule has 1 aromatic heterocycles. The van der Waals surface area contributed by atoms with Gasteiger partial charge in [0, 0.05) is 23.8 Å². The van der Waals surface area contributed by atoms with E-state index in [0.717, 1.165) is 35.7 Å². The van der Waals surface area contributed by atoms with Crippen LogP contribution in [0.5, 0.6) is 0 Å². The summed E-state index contributed by atoms with van der Waals surface area (Å²) in [7, 11) is 4.08. The van der Waals surface area contributed by atoms with Crippen molar-refractivity contribution in [2.45, 2.75) is 29.9 Å². The number of carbonyl (C=O) groups is 1. The molecule has 3 rings (SSSR count). The highest BCUT2D eigenvalue weighted by molar-refractivity contribution is 7.99. The first-order valence-corrected chi connectivity index (χ1v) is 10.9. The fraction of sp³-hybridized carbons (Fsp3) is 0.450. The number of carbonyl (C=O) groups excluding carboxylic acids is 1. The SMILES string of the molecule is CN(C)C(CNC(=O)c1ccccc1SCC1CCCO1)c1ccsc1. The summed E-state index contributed by atoms with van der Waals surface area (Å²) in [6.07, 6.45) is 2.57. The molecule has 0 spiro atoms.